The van der Waals surface area contributed by atoms with E-state index in [1.54, 1.807) is 11.4 Å². The van der Waals surface area contributed by atoms with Crippen LogP contribution in [0, 0.1) is 0 Å². The van der Waals surface area contributed by atoms with Crippen molar-refractivity contribution < 1.29 is 22.7 Å². The molecule has 200 valence electrons. The first-order valence-electron chi connectivity index (χ1n) is 11.6. The Morgan fingerprint density at radius 3 is 2.45 bits per heavy atom. The molecule has 3 aromatic carbocycles. The highest BCUT2D eigenvalue weighted by atomic mass is 79.9. The fraction of sp³-hybridized carbons (Fsp3) is 0.259. The van der Waals surface area contributed by atoms with Gasteiger partial charge in [0.15, 0.2) is 0 Å². The molecule has 4 rings (SSSR count). The van der Waals surface area contributed by atoms with E-state index in [1.165, 1.54) is 29.1 Å². The summed E-state index contributed by atoms with van der Waals surface area (Å²) in [4.78, 5) is 13.9. The van der Waals surface area contributed by atoms with Gasteiger partial charge in [-0.2, -0.15) is 18.3 Å². The number of urea groups is 1. The van der Waals surface area contributed by atoms with Crippen molar-refractivity contribution in [3.05, 3.63) is 99.0 Å². The maximum absolute atomic E-state index is 13.9. The lowest BCUT2D eigenvalue weighted by Gasteiger charge is -2.29. The van der Waals surface area contributed by atoms with Crippen molar-refractivity contribution in [2.24, 2.45) is 5.10 Å². The Labute approximate surface area is 236 Å². The molecule has 0 radical (unpaired) electrons. The number of hydrogen-bond acceptors (Lipinski definition) is 4. The third-order valence-corrected chi connectivity index (χ3v) is 7.95. The van der Waals surface area contributed by atoms with E-state index >= 15 is 0 Å². The average Bonchev–Trinajstić information content (AvgIpc) is 3.25. The zero-order chi connectivity index (χ0) is 27.5. The number of hydrazone groups is 1. The van der Waals surface area contributed by atoms with Crippen molar-refractivity contribution in [2.75, 3.05) is 30.3 Å². The van der Waals surface area contributed by atoms with E-state index < -0.39 is 22.2 Å². The van der Waals surface area contributed by atoms with Crippen LogP contribution >= 0.6 is 39.5 Å². The van der Waals surface area contributed by atoms with Crippen LogP contribution in [-0.4, -0.2) is 42.8 Å². The molecule has 11 heteroatoms. The van der Waals surface area contributed by atoms with E-state index in [2.05, 4.69) is 21.0 Å². The number of nitrogens with zero attached hydrogens (tertiary/aromatic N) is 3. The van der Waals surface area contributed by atoms with Gasteiger partial charge in [0.05, 0.1) is 40.6 Å². The molecule has 1 aliphatic rings. The number of carbonyl (C=O) groups is 1. The van der Waals surface area contributed by atoms with Crippen LogP contribution in [0.25, 0.3) is 0 Å². The molecular weight excluding hydrogens is 603 g/mol. The number of methoxy groups -OCH3 is 1. The Balaban J connectivity index is 1.76. The van der Waals surface area contributed by atoms with E-state index in [0.717, 1.165) is 16.1 Å². The molecule has 0 fully saturated rings. The summed E-state index contributed by atoms with van der Waals surface area (Å²) in [7, 11) is 1.59. The lowest BCUT2D eigenvalue weighted by Crippen LogP contribution is -2.41. The van der Waals surface area contributed by atoms with Crippen molar-refractivity contribution in [2.45, 2.75) is 18.5 Å². The SMILES string of the molecule is COCCSN(C(=O)N1CC(C)(c2ccccc2)C(c2ccc(C(F)(F)F)c(Cl)c2)=N1)c1ccc(Br)cc1. The molecular formula is C27H24BrClF3N3O2S. The highest BCUT2D eigenvalue weighted by Crippen LogP contribution is 2.40. The number of halogens is 5. The quantitative estimate of drug-likeness (QED) is 0.197. The van der Waals surface area contributed by atoms with Crippen LogP contribution in [0.2, 0.25) is 5.02 Å². The fourth-order valence-electron chi connectivity index (χ4n) is 4.19. The van der Waals surface area contributed by atoms with E-state index in [0.29, 0.717) is 29.3 Å². The van der Waals surface area contributed by atoms with Crippen LogP contribution in [0.3, 0.4) is 0 Å². The monoisotopic (exact) mass is 625 g/mol. The smallest absolute Gasteiger partial charge is 0.384 e. The highest BCUT2D eigenvalue weighted by molar-refractivity contribution is 9.10. The fourth-order valence-corrected chi connectivity index (χ4v) is 5.64. The molecule has 5 nitrogen and oxygen atoms in total. The molecule has 0 aromatic heterocycles. The number of ether oxygens (including phenoxy) is 1. The largest absolute Gasteiger partial charge is 0.417 e. The van der Waals surface area contributed by atoms with Gasteiger partial charge in [0.1, 0.15) is 0 Å². The topological polar surface area (TPSA) is 45.1 Å². The van der Waals surface area contributed by atoms with Gasteiger partial charge in [-0.15, -0.1) is 0 Å². The summed E-state index contributed by atoms with van der Waals surface area (Å²) in [5, 5.41) is 5.61. The van der Waals surface area contributed by atoms with Gasteiger partial charge in [0.25, 0.3) is 0 Å². The zero-order valence-corrected chi connectivity index (χ0v) is 23.7. The van der Waals surface area contributed by atoms with Crippen LogP contribution in [0.4, 0.5) is 23.7 Å². The van der Waals surface area contributed by atoms with E-state index in [-0.39, 0.29) is 12.6 Å². The van der Waals surface area contributed by atoms with Crippen molar-refractivity contribution >= 4 is 56.9 Å². The molecule has 1 heterocycles. The minimum atomic E-state index is -4.58. The molecule has 0 saturated heterocycles. The van der Waals surface area contributed by atoms with Crippen molar-refractivity contribution in [1.82, 2.24) is 5.01 Å². The molecule has 0 aliphatic carbocycles. The summed E-state index contributed by atoms with van der Waals surface area (Å²) >= 11 is 10.8. The second kappa shape index (κ2) is 11.7. The number of hydrogen-bond donors (Lipinski definition) is 0. The third-order valence-electron chi connectivity index (χ3n) is 6.13. The number of amides is 2. The van der Waals surface area contributed by atoms with Gasteiger partial charge in [0, 0.05) is 22.9 Å². The van der Waals surface area contributed by atoms with Crippen LogP contribution < -0.4 is 4.31 Å². The van der Waals surface area contributed by atoms with Gasteiger partial charge in [-0.1, -0.05) is 63.9 Å². The molecule has 1 atom stereocenters. The lowest BCUT2D eigenvalue weighted by atomic mass is 9.76. The first-order valence-corrected chi connectivity index (χ1v) is 13.7. The summed E-state index contributed by atoms with van der Waals surface area (Å²) in [5.74, 6) is 0.521. The number of anilines is 1. The highest BCUT2D eigenvalue weighted by Gasteiger charge is 2.44. The Morgan fingerprint density at radius 1 is 1.16 bits per heavy atom. The molecule has 0 saturated carbocycles. The van der Waals surface area contributed by atoms with Crippen LogP contribution in [0.1, 0.15) is 23.6 Å². The Hall–Kier alpha value is -2.53. The molecule has 1 aliphatic heterocycles. The second-order valence-electron chi connectivity index (χ2n) is 8.78. The summed E-state index contributed by atoms with van der Waals surface area (Å²) in [5.41, 5.74) is 0.654. The normalized spacial score (nSPS) is 17.4. The first kappa shape index (κ1) is 28.5. The second-order valence-corrected chi connectivity index (χ2v) is 11.1. The first-order chi connectivity index (χ1) is 18.0. The molecule has 0 bridgehead atoms. The van der Waals surface area contributed by atoms with Crippen LogP contribution in [0.15, 0.2) is 82.4 Å². The summed E-state index contributed by atoms with van der Waals surface area (Å²) in [6.07, 6.45) is -4.58. The van der Waals surface area contributed by atoms with Gasteiger partial charge in [-0.05, 0) is 60.8 Å². The Bertz CT molecular complexity index is 1330. The number of rotatable bonds is 7. The molecule has 0 spiro atoms. The summed E-state index contributed by atoms with van der Waals surface area (Å²) in [6.45, 7) is 2.54. The summed E-state index contributed by atoms with van der Waals surface area (Å²) < 4.78 is 47.6. The van der Waals surface area contributed by atoms with Crippen molar-refractivity contribution in [1.29, 1.82) is 0 Å². The van der Waals surface area contributed by atoms with Crippen molar-refractivity contribution in [3.8, 4) is 0 Å². The molecule has 38 heavy (non-hydrogen) atoms. The predicted octanol–water partition coefficient (Wildman–Crippen LogP) is 8.02. The number of carbonyl (C=O) groups excluding carboxylic acids is 1. The number of alkyl halides is 3. The van der Waals surface area contributed by atoms with Gasteiger partial charge in [-0.25, -0.2) is 14.1 Å². The minimum absolute atomic E-state index is 0.182. The van der Waals surface area contributed by atoms with Gasteiger partial charge < -0.3 is 4.74 Å². The molecule has 2 amide bonds. The van der Waals surface area contributed by atoms with Crippen LogP contribution in [0.5, 0.6) is 0 Å². The Kier molecular flexibility index (Phi) is 8.76. The zero-order valence-electron chi connectivity index (χ0n) is 20.5. The molecule has 1 unspecified atom stereocenters. The molecule has 3 aromatic rings. The van der Waals surface area contributed by atoms with E-state index in [9.17, 15) is 18.0 Å². The maximum Gasteiger partial charge on any atom is 0.417 e. The van der Waals surface area contributed by atoms with Gasteiger partial charge >= 0.3 is 12.2 Å². The van der Waals surface area contributed by atoms with Gasteiger partial charge in [-0.3, -0.25) is 0 Å². The summed E-state index contributed by atoms with van der Waals surface area (Å²) in [6, 6.07) is 19.9. The van der Waals surface area contributed by atoms with Crippen molar-refractivity contribution in [3.63, 3.8) is 0 Å². The third kappa shape index (κ3) is 6.03. The minimum Gasteiger partial charge on any atom is -0.384 e. The Morgan fingerprint density at radius 2 is 1.84 bits per heavy atom. The predicted molar refractivity (Wildman–Crippen MR) is 150 cm³/mol. The standard InChI is InChI=1S/C27H24BrClF3N3O2S/c1-26(19-6-4-3-5-7-19)17-34(33-24(26)18-8-13-22(23(29)16-18)27(30,31)32)25(36)35(38-15-14-37-2)21-11-9-20(28)10-12-21/h3-13,16H,14-15,17H2,1-2H3. The number of benzene rings is 3. The molecule has 0 N–H and O–H groups in total. The lowest BCUT2D eigenvalue weighted by molar-refractivity contribution is -0.137. The average molecular weight is 627 g/mol. The van der Waals surface area contributed by atoms with E-state index in [1.807, 2.05) is 61.5 Å². The van der Waals surface area contributed by atoms with E-state index in [4.69, 9.17) is 16.3 Å². The van der Waals surface area contributed by atoms with Gasteiger partial charge in [0.2, 0.25) is 0 Å². The van der Waals surface area contributed by atoms with Crippen LogP contribution in [-0.2, 0) is 16.3 Å². The maximum atomic E-state index is 13.9.